The highest BCUT2D eigenvalue weighted by Gasteiger charge is 2.11. The van der Waals surface area contributed by atoms with E-state index in [1.807, 2.05) is 42.5 Å². The quantitative estimate of drug-likeness (QED) is 0.817. The topological polar surface area (TPSA) is 38.7 Å². The predicted octanol–water partition coefficient (Wildman–Crippen LogP) is 3.70. The fraction of sp³-hybridized carbons (Fsp3) is 0.250. The van der Waals surface area contributed by atoms with Gasteiger partial charge in [0.15, 0.2) is 11.5 Å². The lowest BCUT2D eigenvalue weighted by Crippen LogP contribution is -2.01. The van der Waals surface area contributed by atoms with Gasteiger partial charge in [0.2, 0.25) is 0 Å². The number of rotatable bonds is 6. The van der Waals surface area contributed by atoms with Gasteiger partial charge in [0, 0.05) is 5.33 Å². The van der Waals surface area contributed by atoms with Crippen LogP contribution in [-0.4, -0.2) is 17.5 Å². The van der Waals surface area contributed by atoms with Gasteiger partial charge in [-0.1, -0.05) is 52.3 Å². The Morgan fingerprint density at radius 3 is 2.50 bits per heavy atom. The summed E-state index contributed by atoms with van der Waals surface area (Å²) in [7, 11) is 1.59. The van der Waals surface area contributed by atoms with Gasteiger partial charge in [-0.15, -0.1) is 0 Å². The zero-order valence-electron chi connectivity index (χ0n) is 11.3. The Morgan fingerprint density at radius 1 is 1.10 bits per heavy atom. The summed E-state index contributed by atoms with van der Waals surface area (Å²) in [6, 6.07) is 15.4. The number of methoxy groups -OCH3 is 1. The number of benzene rings is 2. The monoisotopic (exact) mass is 336 g/mol. The molecule has 0 aliphatic rings. The first-order valence-corrected chi connectivity index (χ1v) is 7.45. The van der Waals surface area contributed by atoms with Crippen molar-refractivity contribution in [2.75, 3.05) is 12.4 Å². The molecule has 0 aliphatic heterocycles. The zero-order chi connectivity index (χ0) is 14.4. The van der Waals surface area contributed by atoms with Crippen LogP contribution in [0, 0.1) is 0 Å². The zero-order valence-corrected chi connectivity index (χ0v) is 12.8. The van der Waals surface area contributed by atoms with Crippen LogP contribution in [0.3, 0.4) is 0 Å². The molecule has 4 heteroatoms. The van der Waals surface area contributed by atoms with E-state index in [-0.39, 0.29) is 0 Å². The van der Waals surface area contributed by atoms with Crippen molar-refractivity contribution in [3.05, 3.63) is 59.7 Å². The predicted molar refractivity (Wildman–Crippen MR) is 82.5 cm³/mol. The third kappa shape index (κ3) is 3.74. The molecular formula is C16H17BrO3. The molecule has 0 amide bonds. The summed E-state index contributed by atoms with van der Waals surface area (Å²) in [6.07, 6.45) is -0.549. The van der Waals surface area contributed by atoms with Crippen molar-refractivity contribution in [1.82, 2.24) is 0 Å². The Labute approximate surface area is 127 Å². The summed E-state index contributed by atoms with van der Waals surface area (Å²) >= 11 is 3.26. The Balaban J connectivity index is 2.11. The van der Waals surface area contributed by atoms with E-state index in [2.05, 4.69) is 15.9 Å². The third-order valence-electron chi connectivity index (χ3n) is 2.96. The van der Waals surface area contributed by atoms with E-state index < -0.39 is 6.10 Å². The Bertz CT molecular complexity index is 543. The van der Waals surface area contributed by atoms with E-state index in [0.717, 1.165) is 11.1 Å². The van der Waals surface area contributed by atoms with Crippen molar-refractivity contribution >= 4 is 15.9 Å². The average molecular weight is 337 g/mol. The molecule has 1 N–H and O–H groups in total. The van der Waals surface area contributed by atoms with Gasteiger partial charge in [-0.25, -0.2) is 0 Å². The van der Waals surface area contributed by atoms with Gasteiger partial charge in [-0.2, -0.15) is 0 Å². The summed E-state index contributed by atoms with van der Waals surface area (Å²) < 4.78 is 11.1. The molecule has 0 aromatic heterocycles. The number of hydrogen-bond acceptors (Lipinski definition) is 3. The number of alkyl halides is 1. The van der Waals surface area contributed by atoms with E-state index in [9.17, 15) is 5.11 Å². The van der Waals surface area contributed by atoms with Crippen molar-refractivity contribution in [3.63, 3.8) is 0 Å². The fourth-order valence-electron chi connectivity index (χ4n) is 1.84. The van der Waals surface area contributed by atoms with Gasteiger partial charge in [0.1, 0.15) is 6.61 Å². The van der Waals surface area contributed by atoms with Crippen molar-refractivity contribution < 1.29 is 14.6 Å². The molecule has 0 saturated heterocycles. The maximum atomic E-state index is 9.80. The molecule has 2 aromatic carbocycles. The van der Waals surface area contributed by atoms with Crippen LogP contribution in [0.15, 0.2) is 48.5 Å². The van der Waals surface area contributed by atoms with Crippen LogP contribution in [0.2, 0.25) is 0 Å². The van der Waals surface area contributed by atoms with E-state index in [1.54, 1.807) is 13.2 Å². The second-order valence-corrected chi connectivity index (χ2v) is 5.00. The number of aliphatic hydroxyl groups is 1. The van der Waals surface area contributed by atoms with Gasteiger partial charge in [-0.05, 0) is 23.3 Å². The molecule has 0 unspecified atom stereocenters. The van der Waals surface area contributed by atoms with Crippen LogP contribution >= 0.6 is 15.9 Å². The molecule has 0 saturated carbocycles. The van der Waals surface area contributed by atoms with Crippen molar-refractivity contribution in [1.29, 1.82) is 0 Å². The first-order chi connectivity index (χ1) is 9.74. The van der Waals surface area contributed by atoms with Crippen LogP contribution in [-0.2, 0) is 6.61 Å². The van der Waals surface area contributed by atoms with Crippen LogP contribution in [0.5, 0.6) is 11.5 Å². The molecule has 20 heavy (non-hydrogen) atoms. The number of halogens is 1. The van der Waals surface area contributed by atoms with Crippen LogP contribution in [0.4, 0.5) is 0 Å². The molecule has 0 aliphatic carbocycles. The van der Waals surface area contributed by atoms with Gasteiger partial charge >= 0.3 is 0 Å². The van der Waals surface area contributed by atoms with Gasteiger partial charge in [0.05, 0.1) is 13.2 Å². The number of ether oxygens (including phenoxy) is 2. The van der Waals surface area contributed by atoms with Crippen LogP contribution in [0.1, 0.15) is 17.2 Å². The lowest BCUT2D eigenvalue weighted by Gasteiger charge is -2.14. The standard InChI is InChI=1S/C16H17BrO3/c1-19-16-9-13(14(18)10-17)7-8-15(16)20-11-12-5-3-2-4-6-12/h2-9,14,18H,10-11H2,1H3/t14-/m0/s1. The molecule has 2 rings (SSSR count). The number of hydrogen-bond donors (Lipinski definition) is 1. The second-order valence-electron chi connectivity index (χ2n) is 4.35. The summed E-state index contributed by atoms with van der Waals surface area (Å²) in [5.74, 6) is 1.29. The lowest BCUT2D eigenvalue weighted by atomic mass is 10.1. The smallest absolute Gasteiger partial charge is 0.161 e. The highest BCUT2D eigenvalue weighted by Crippen LogP contribution is 2.31. The van der Waals surface area contributed by atoms with E-state index in [0.29, 0.717) is 23.4 Å². The van der Waals surface area contributed by atoms with Crippen molar-refractivity contribution in [2.24, 2.45) is 0 Å². The molecule has 0 radical (unpaired) electrons. The normalized spacial score (nSPS) is 11.9. The van der Waals surface area contributed by atoms with Crippen molar-refractivity contribution in [3.8, 4) is 11.5 Å². The van der Waals surface area contributed by atoms with E-state index in [4.69, 9.17) is 9.47 Å². The molecule has 0 bridgehead atoms. The maximum absolute atomic E-state index is 9.80. The van der Waals surface area contributed by atoms with Crippen molar-refractivity contribution in [2.45, 2.75) is 12.7 Å². The highest BCUT2D eigenvalue weighted by molar-refractivity contribution is 9.09. The summed E-state index contributed by atoms with van der Waals surface area (Å²) in [6.45, 7) is 0.484. The minimum atomic E-state index is -0.549. The summed E-state index contributed by atoms with van der Waals surface area (Å²) in [5, 5.41) is 10.3. The molecule has 1 atom stereocenters. The Hall–Kier alpha value is -1.52. The fourth-order valence-corrected chi connectivity index (χ4v) is 2.21. The summed E-state index contributed by atoms with van der Waals surface area (Å²) in [5.41, 5.74) is 1.89. The summed E-state index contributed by atoms with van der Waals surface area (Å²) in [4.78, 5) is 0. The maximum Gasteiger partial charge on any atom is 0.161 e. The highest BCUT2D eigenvalue weighted by atomic mass is 79.9. The minimum absolute atomic E-state index is 0.484. The Morgan fingerprint density at radius 2 is 1.85 bits per heavy atom. The molecule has 106 valence electrons. The third-order valence-corrected chi connectivity index (χ3v) is 3.57. The molecule has 0 spiro atoms. The van der Waals surface area contributed by atoms with Crippen LogP contribution in [0.25, 0.3) is 0 Å². The van der Waals surface area contributed by atoms with Gasteiger partial charge in [-0.3, -0.25) is 0 Å². The van der Waals surface area contributed by atoms with E-state index >= 15 is 0 Å². The first-order valence-electron chi connectivity index (χ1n) is 6.33. The number of aliphatic hydroxyl groups excluding tert-OH is 1. The molecule has 3 nitrogen and oxygen atoms in total. The molecule has 0 heterocycles. The van der Waals surface area contributed by atoms with Gasteiger partial charge < -0.3 is 14.6 Å². The van der Waals surface area contributed by atoms with E-state index in [1.165, 1.54) is 0 Å². The van der Waals surface area contributed by atoms with Gasteiger partial charge in [0.25, 0.3) is 0 Å². The second kappa shape index (κ2) is 7.31. The average Bonchev–Trinajstić information content (AvgIpc) is 2.53. The SMILES string of the molecule is COc1cc([C@@H](O)CBr)ccc1OCc1ccccc1. The molecular weight excluding hydrogens is 320 g/mol. The molecule has 0 fully saturated rings. The van der Waals surface area contributed by atoms with Crippen LogP contribution < -0.4 is 9.47 Å². The molecule has 2 aromatic rings. The Kier molecular flexibility index (Phi) is 5.44. The first kappa shape index (κ1) is 14.9. The largest absolute Gasteiger partial charge is 0.493 e. The minimum Gasteiger partial charge on any atom is -0.493 e. The lowest BCUT2D eigenvalue weighted by molar-refractivity contribution is 0.204.